The summed E-state index contributed by atoms with van der Waals surface area (Å²) in [6.45, 7) is 0. The van der Waals surface area contributed by atoms with Crippen molar-refractivity contribution in [2.45, 2.75) is 44.6 Å². The normalized spacial score (nSPS) is 15.9. The molecule has 5 nitrogen and oxygen atoms in total. The highest BCUT2D eigenvalue weighted by Crippen LogP contribution is 2.36. The number of methoxy groups -OCH3 is 1. The second kappa shape index (κ2) is 8.14. The lowest BCUT2D eigenvalue weighted by atomic mass is 9.91. The van der Waals surface area contributed by atoms with Gasteiger partial charge in [-0.1, -0.05) is 18.2 Å². The minimum atomic E-state index is 0.0622. The molecule has 0 fully saturated rings. The highest BCUT2D eigenvalue weighted by molar-refractivity contribution is 5.87. The Morgan fingerprint density at radius 1 is 1.23 bits per heavy atom. The van der Waals surface area contributed by atoms with Crippen LogP contribution in [0.5, 0.6) is 5.75 Å². The molecule has 0 unspecified atom stereocenters. The standard InChI is InChI=1S/C26H29N3O2/c1-29-16-17(19-8-3-4-11-24(19)29)7-5-12-25(30)27-23-10-6-9-20-21-15-18(31-2)13-14-22(21)28-26(20)23/h3-4,8,11,13-16,23,28H,5-7,9-10,12H2,1-2H3,(H,27,30)/t23-/m0/s1. The van der Waals surface area contributed by atoms with Crippen molar-refractivity contribution in [3.63, 3.8) is 0 Å². The smallest absolute Gasteiger partial charge is 0.220 e. The lowest BCUT2D eigenvalue weighted by molar-refractivity contribution is -0.122. The second-order valence-corrected chi connectivity index (χ2v) is 8.58. The molecule has 31 heavy (non-hydrogen) atoms. The maximum atomic E-state index is 12.7. The van der Waals surface area contributed by atoms with E-state index < -0.39 is 0 Å². The number of para-hydroxylation sites is 1. The maximum Gasteiger partial charge on any atom is 0.220 e. The summed E-state index contributed by atoms with van der Waals surface area (Å²) in [6.07, 6.45) is 7.60. The van der Waals surface area contributed by atoms with Crippen LogP contribution in [-0.2, 0) is 24.7 Å². The fraction of sp³-hybridized carbons (Fsp3) is 0.346. The zero-order valence-electron chi connectivity index (χ0n) is 18.2. The first-order valence-corrected chi connectivity index (χ1v) is 11.1. The number of nitrogens with zero attached hydrogens (tertiary/aromatic N) is 1. The average Bonchev–Trinajstić information content (AvgIpc) is 3.32. The van der Waals surface area contributed by atoms with Gasteiger partial charge < -0.3 is 19.6 Å². The molecule has 1 aliphatic rings. The molecule has 5 rings (SSSR count). The number of hydrogen-bond acceptors (Lipinski definition) is 2. The Balaban J connectivity index is 1.25. The predicted molar refractivity (Wildman–Crippen MR) is 125 cm³/mol. The number of benzene rings is 2. The van der Waals surface area contributed by atoms with E-state index in [1.807, 2.05) is 6.07 Å². The molecule has 2 aromatic carbocycles. The van der Waals surface area contributed by atoms with Gasteiger partial charge in [-0.25, -0.2) is 0 Å². The lowest BCUT2D eigenvalue weighted by Crippen LogP contribution is -2.30. The van der Waals surface area contributed by atoms with Crippen molar-refractivity contribution in [2.75, 3.05) is 7.11 Å². The van der Waals surface area contributed by atoms with Crippen LogP contribution in [0.25, 0.3) is 21.8 Å². The van der Waals surface area contributed by atoms with E-state index >= 15 is 0 Å². The molecule has 0 saturated carbocycles. The van der Waals surface area contributed by atoms with Crippen LogP contribution in [0.2, 0.25) is 0 Å². The van der Waals surface area contributed by atoms with E-state index in [4.69, 9.17) is 4.74 Å². The Hall–Kier alpha value is -3.21. The SMILES string of the molecule is COc1ccc2[nH]c3c(c2c1)CCC[C@@H]3NC(=O)CCCc1cn(C)c2ccccc12. The molecule has 2 heterocycles. The van der Waals surface area contributed by atoms with Gasteiger partial charge in [0, 0.05) is 47.2 Å². The zero-order chi connectivity index (χ0) is 21.4. The number of H-pyrrole nitrogens is 1. The molecular formula is C26H29N3O2. The van der Waals surface area contributed by atoms with Gasteiger partial charge in [-0.2, -0.15) is 0 Å². The first kappa shape index (κ1) is 19.7. The minimum absolute atomic E-state index is 0.0622. The summed E-state index contributed by atoms with van der Waals surface area (Å²) in [7, 11) is 3.77. The van der Waals surface area contributed by atoms with Gasteiger partial charge in [0.2, 0.25) is 5.91 Å². The van der Waals surface area contributed by atoms with E-state index in [-0.39, 0.29) is 11.9 Å². The van der Waals surface area contributed by atoms with Crippen LogP contribution in [-0.4, -0.2) is 22.6 Å². The Labute approximate surface area is 182 Å². The van der Waals surface area contributed by atoms with Gasteiger partial charge in [0.1, 0.15) is 5.75 Å². The Kier molecular flexibility index (Phi) is 5.18. The number of carbonyl (C=O) groups is 1. The molecule has 0 saturated heterocycles. The van der Waals surface area contributed by atoms with Crippen LogP contribution >= 0.6 is 0 Å². The van der Waals surface area contributed by atoms with Crippen molar-refractivity contribution < 1.29 is 9.53 Å². The predicted octanol–water partition coefficient (Wildman–Crippen LogP) is 5.18. The maximum absolute atomic E-state index is 12.7. The molecule has 5 heteroatoms. The number of amides is 1. The zero-order valence-corrected chi connectivity index (χ0v) is 18.2. The first-order chi connectivity index (χ1) is 15.1. The van der Waals surface area contributed by atoms with Crippen LogP contribution in [0.4, 0.5) is 0 Å². The molecule has 0 aliphatic heterocycles. The summed E-state index contributed by atoms with van der Waals surface area (Å²) in [6, 6.07) is 14.7. The quantitative estimate of drug-likeness (QED) is 0.456. The molecule has 0 spiro atoms. The minimum Gasteiger partial charge on any atom is -0.497 e. The topological polar surface area (TPSA) is 59.0 Å². The molecule has 1 amide bonds. The van der Waals surface area contributed by atoms with E-state index in [9.17, 15) is 4.79 Å². The third-order valence-corrected chi connectivity index (χ3v) is 6.58. The number of aromatic nitrogens is 2. The third-order valence-electron chi connectivity index (χ3n) is 6.58. The molecule has 1 atom stereocenters. The van der Waals surface area contributed by atoms with E-state index in [0.717, 1.165) is 49.1 Å². The van der Waals surface area contributed by atoms with Gasteiger partial charge >= 0.3 is 0 Å². The van der Waals surface area contributed by atoms with Crippen LogP contribution in [0.15, 0.2) is 48.7 Å². The molecule has 1 aliphatic carbocycles. The Morgan fingerprint density at radius 3 is 2.97 bits per heavy atom. The molecular weight excluding hydrogens is 386 g/mol. The van der Waals surface area contributed by atoms with Crippen LogP contribution in [0, 0.1) is 0 Å². The number of aryl methyl sites for hydroxylation is 3. The van der Waals surface area contributed by atoms with E-state index in [0.29, 0.717) is 6.42 Å². The Bertz CT molecular complexity index is 1250. The largest absolute Gasteiger partial charge is 0.497 e. The molecule has 160 valence electrons. The number of rotatable bonds is 6. The van der Waals surface area contributed by atoms with E-state index in [1.54, 1.807) is 7.11 Å². The fourth-order valence-electron chi connectivity index (χ4n) is 5.04. The Morgan fingerprint density at radius 2 is 2.10 bits per heavy atom. The number of fused-ring (bicyclic) bond motifs is 4. The van der Waals surface area contributed by atoms with Crippen LogP contribution in [0.3, 0.4) is 0 Å². The number of hydrogen-bond donors (Lipinski definition) is 2. The fourth-order valence-corrected chi connectivity index (χ4v) is 5.04. The summed E-state index contributed by atoms with van der Waals surface area (Å²) in [5.74, 6) is 1.00. The average molecular weight is 416 g/mol. The number of carbonyl (C=O) groups excluding carboxylic acids is 1. The molecule has 2 aromatic heterocycles. The van der Waals surface area contributed by atoms with Gasteiger partial charge in [-0.15, -0.1) is 0 Å². The van der Waals surface area contributed by atoms with Crippen molar-refractivity contribution in [1.82, 2.24) is 14.9 Å². The monoisotopic (exact) mass is 415 g/mol. The van der Waals surface area contributed by atoms with Crippen molar-refractivity contribution in [3.05, 3.63) is 65.5 Å². The lowest BCUT2D eigenvalue weighted by Gasteiger charge is -2.24. The highest BCUT2D eigenvalue weighted by Gasteiger charge is 2.25. The van der Waals surface area contributed by atoms with Crippen molar-refractivity contribution in [3.8, 4) is 5.75 Å². The van der Waals surface area contributed by atoms with E-state index in [1.165, 1.54) is 27.4 Å². The van der Waals surface area contributed by atoms with Gasteiger partial charge in [0.05, 0.1) is 13.2 Å². The molecule has 4 aromatic rings. The summed E-state index contributed by atoms with van der Waals surface area (Å²) in [4.78, 5) is 16.3. The summed E-state index contributed by atoms with van der Waals surface area (Å²) in [5.41, 5.74) is 6.16. The van der Waals surface area contributed by atoms with Crippen molar-refractivity contribution in [1.29, 1.82) is 0 Å². The van der Waals surface area contributed by atoms with Gasteiger partial charge in [-0.05, 0) is 67.5 Å². The summed E-state index contributed by atoms with van der Waals surface area (Å²) in [5, 5.41) is 5.79. The first-order valence-electron chi connectivity index (χ1n) is 11.1. The summed E-state index contributed by atoms with van der Waals surface area (Å²) < 4.78 is 7.56. The second-order valence-electron chi connectivity index (χ2n) is 8.58. The third kappa shape index (κ3) is 3.69. The van der Waals surface area contributed by atoms with Crippen LogP contribution in [0.1, 0.15) is 48.5 Å². The number of nitrogens with one attached hydrogen (secondary N) is 2. The summed E-state index contributed by atoms with van der Waals surface area (Å²) >= 11 is 0. The van der Waals surface area contributed by atoms with Gasteiger partial charge in [0.15, 0.2) is 0 Å². The van der Waals surface area contributed by atoms with Gasteiger partial charge in [0.25, 0.3) is 0 Å². The van der Waals surface area contributed by atoms with Crippen molar-refractivity contribution >= 4 is 27.7 Å². The number of ether oxygens (including phenoxy) is 1. The van der Waals surface area contributed by atoms with E-state index in [2.05, 4.69) is 64.5 Å². The highest BCUT2D eigenvalue weighted by atomic mass is 16.5. The molecule has 2 N–H and O–H groups in total. The number of aromatic amines is 1. The van der Waals surface area contributed by atoms with Crippen LogP contribution < -0.4 is 10.1 Å². The molecule has 0 radical (unpaired) electrons. The van der Waals surface area contributed by atoms with Crippen molar-refractivity contribution in [2.24, 2.45) is 7.05 Å². The van der Waals surface area contributed by atoms with Gasteiger partial charge in [-0.3, -0.25) is 4.79 Å². The molecule has 0 bridgehead atoms.